The molecule has 0 aliphatic heterocycles. The van der Waals surface area contributed by atoms with E-state index in [0.717, 1.165) is 5.69 Å². The van der Waals surface area contributed by atoms with Crippen LogP contribution >= 0.6 is 11.6 Å². The largest absolute Gasteiger partial charge is 0.493 e. The van der Waals surface area contributed by atoms with Gasteiger partial charge < -0.3 is 4.74 Å². The summed E-state index contributed by atoms with van der Waals surface area (Å²) in [6.07, 6.45) is 1.91. The number of nitrogens with two attached hydrogens (primary N) is 1. The van der Waals surface area contributed by atoms with E-state index in [2.05, 4.69) is 10.5 Å². The molecule has 114 valence electrons. The van der Waals surface area contributed by atoms with Crippen LogP contribution < -0.4 is 16.0 Å². The van der Waals surface area contributed by atoms with E-state index in [1.54, 1.807) is 30.1 Å². The predicted molar refractivity (Wildman–Crippen MR) is 79.6 cm³/mol. The van der Waals surface area contributed by atoms with Crippen LogP contribution in [0.2, 0.25) is 5.02 Å². The molecule has 1 atom stereocenters. The smallest absolute Gasteiger partial charge is 0.161 e. The first-order chi connectivity index (χ1) is 10.1. The Hall–Kier alpha value is -1.63. The zero-order chi connectivity index (χ0) is 15.4. The lowest BCUT2D eigenvalue weighted by Gasteiger charge is -2.19. The number of rotatable bonds is 6. The van der Waals surface area contributed by atoms with Gasteiger partial charge in [-0.1, -0.05) is 17.7 Å². The van der Waals surface area contributed by atoms with Crippen molar-refractivity contribution in [3.63, 3.8) is 0 Å². The molecule has 0 saturated heterocycles. The summed E-state index contributed by atoms with van der Waals surface area (Å²) >= 11 is 6.08. The lowest BCUT2D eigenvalue weighted by Crippen LogP contribution is -2.32. The monoisotopic (exact) mass is 312 g/mol. The number of aryl methyl sites for hydroxylation is 1. The first-order valence-corrected chi connectivity index (χ1v) is 6.98. The van der Waals surface area contributed by atoms with Crippen LogP contribution in [-0.2, 0) is 13.0 Å². The van der Waals surface area contributed by atoms with Gasteiger partial charge in [0.2, 0.25) is 0 Å². The van der Waals surface area contributed by atoms with E-state index in [1.165, 1.54) is 6.07 Å². The van der Waals surface area contributed by atoms with Crippen molar-refractivity contribution in [1.82, 2.24) is 15.2 Å². The first kappa shape index (κ1) is 15.8. The molecule has 21 heavy (non-hydrogen) atoms. The van der Waals surface area contributed by atoms with Gasteiger partial charge in [0.15, 0.2) is 5.75 Å². The normalized spacial score (nSPS) is 12.4. The molecule has 0 aliphatic carbocycles. The summed E-state index contributed by atoms with van der Waals surface area (Å²) in [6, 6.07) is 4.24. The van der Waals surface area contributed by atoms with Crippen LogP contribution in [0.15, 0.2) is 24.4 Å². The van der Waals surface area contributed by atoms with E-state index in [-0.39, 0.29) is 11.9 Å². The predicted octanol–water partition coefficient (Wildman–Crippen LogP) is 2.45. The fourth-order valence-electron chi connectivity index (χ4n) is 2.30. The second-order valence-corrected chi connectivity index (χ2v) is 4.94. The SMILES string of the molecule is CCn1ncc(OC)c1C(Cc1c(F)cccc1Cl)NN. The zero-order valence-electron chi connectivity index (χ0n) is 11.9. The summed E-state index contributed by atoms with van der Waals surface area (Å²) in [4.78, 5) is 0. The minimum Gasteiger partial charge on any atom is -0.493 e. The number of hydrogen-bond donors (Lipinski definition) is 2. The molecule has 0 spiro atoms. The number of ether oxygens (including phenoxy) is 1. The average Bonchev–Trinajstić information content (AvgIpc) is 2.90. The quantitative estimate of drug-likeness (QED) is 0.635. The molecule has 0 bridgehead atoms. The van der Waals surface area contributed by atoms with Crippen molar-refractivity contribution in [2.24, 2.45) is 5.84 Å². The van der Waals surface area contributed by atoms with Gasteiger partial charge in [0.25, 0.3) is 0 Å². The van der Waals surface area contributed by atoms with Gasteiger partial charge in [-0.2, -0.15) is 5.10 Å². The third-order valence-electron chi connectivity index (χ3n) is 3.37. The molecule has 1 aromatic heterocycles. The Bertz CT molecular complexity index is 575. The Morgan fingerprint density at radius 2 is 2.29 bits per heavy atom. The van der Waals surface area contributed by atoms with Crippen LogP contribution in [0.25, 0.3) is 0 Å². The molecule has 0 saturated carbocycles. The topological polar surface area (TPSA) is 65.1 Å². The highest BCUT2D eigenvalue weighted by atomic mass is 35.5. The van der Waals surface area contributed by atoms with E-state index in [1.807, 2.05) is 6.92 Å². The highest BCUT2D eigenvalue weighted by Gasteiger charge is 2.23. The molecule has 1 aromatic carbocycles. The van der Waals surface area contributed by atoms with E-state index in [0.29, 0.717) is 29.3 Å². The van der Waals surface area contributed by atoms with Gasteiger partial charge in [0, 0.05) is 17.1 Å². The van der Waals surface area contributed by atoms with Crippen molar-refractivity contribution in [2.75, 3.05) is 7.11 Å². The maximum Gasteiger partial charge on any atom is 0.161 e. The number of hydrazine groups is 1. The van der Waals surface area contributed by atoms with Crippen molar-refractivity contribution in [3.8, 4) is 5.75 Å². The Kier molecular flexibility index (Phi) is 5.17. The van der Waals surface area contributed by atoms with Gasteiger partial charge >= 0.3 is 0 Å². The molecule has 7 heteroatoms. The molecule has 0 fully saturated rings. The number of nitrogens with zero attached hydrogens (tertiary/aromatic N) is 2. The Morgan fingerprint density at radius 1 is 1.52 bits per heavy atom. The van der Waals surface area contributed by atoms with Crippen LogP contribution in [0, 0.1) is 5.82 Å². The number of nitrogens with one attached hydrogen (secondary N) is 1. The number of hydrogen-bond acceptors (Lipinski definition) is 4. The molecule has 1 unspecified atom stereocenters. The Morgan fingerprint density at radius 3 is 2.86 bits per heavy atom. The molecular weight excluding hydrogens is 295 g/mol. The van der Waals surface area contributed by atoms with Crippen molar-refractivity contribution in [3.05, 3.63) is 46.5 Å². The third kappa shape index (κ3) is 3.18. The van der Waals surface area contributed by atoms with E-state index < -0.39 is 0 Å². The molecule has 2 rings (SSSR count). The van der Waals surface area contributed by atoms with Crippen molar-refractivity contribution >= 4 is 11.6 Å². The second kappa shape index (κ2) is 6.89. The molecule has 2 aromatic rings. The molecule has 0 aliphatic rings. The van der Waals surface area contributed by atoms with Gasteiger partial charge in [0.1, 0.15) is 5.82 Å². The molecule has 3 N–H and O–H groups in total. The van der Waals surface area contributed by atoms with Crippen LogP contribution in [0.5, 0.6) is 5.75 Å². The minimum atomic E-state index is -0.364. The molecule has 0 radical (unpaired) electrons. The maximum atomic E-state index is 13.9. The number of benzene rings is 1. The Labute approximate surface area is 127 Å². The number of halogens is 2. The summed E-state index contributed by atoms with van der Waals surface area (Å²) in [5.74, 6) is 5.89. The summed E-state index contributed by atoms with van der Waals surface area (Å²) < 4.78 is 21.0. The summed E-state index contributed by atoms with van der Waals surface area (Å²) in [5.41, 5.74) is 3.87. The molecule has 1 heterocycles. The van der Waals surface area contributed by atoms with Crippen molar-refractivity contribution < 1.29 is 9.13 Å². The second-order valence-electron chi connectivity index (χ2n) is 4.54. The first-order valence-electron chi connectivity index (χ1n) is 6.61. The van der Waals surface area contributed by atoms with Gasteiger partial charge in [0.05, 0.1) is 25.0 Å². The Balaban J connectivity index is 2.39. The van der Waals surface area contributed by atoms with Gasteiger partial charge in [-0.15, -0.1) is 0 Å². The molecule has 0 amide bonds. The molecule has 5 nitrogen and oxygen atoms in total. The van der Waals surface area contributed by atoms with Gasteiger partial charge in [-0.05, 0) is 25.5 Å². The van der Waals surface area contributed by atoms with Crippen molar-refractivity contribution in [1.29, 1.82) is 0 Å². The minimum absolute atomic E-state index is 0.296. The number of methoxy groups -OCH3 is 1. The standard InChI is InChI=1S/C14H18ClFN4O/c1-3-20-14(13(21-2)8-18-20)12(19-17)7-9-10(15)5-4-6-11(9)16/h4-6,8,12,19H,3,7,17H2,1-2H3. The highest BCUT2D eigenvalue weighted by molar-refractivity contribution is 6.31. The maximum absolute atomic E-state index is 13.9. The van der Waals surface area contributed by atoms with Crippen LogP contribution in [-0.4, -0.2) is 16.9 Å². The van der Waals surface area contributed by atoms with Crippen LogP contribution in [0.4, 0.5) is 4.39 Å². The van der Waals surface area contributed by atoms with Crippen LogP contribution in [0.3, 0.4) is 0 Å². The lowest BCUT2D eigenvalue weighted by atomic mass is 10.0. The van der Waals surface area contributed by atoms with E-state index >= 15 is 0 Å². The summed E-state index contributed by atoms with van der Waals surface area (Å²) in [7, 11) is 1.56. The van der Waals surface area contributed by atoms with Gasteiger partial charge in [-0.25, -0.2) is 4.39 Å². The summed E-state index contributed by atoms with van der Waals surface area (Å²) in [5, 5.41) is 4.60. The van der Waals surface area contributed by atoms with Crippen molar-refractivity contribution in [2.45, 2.75) is 25.9 Å². The summed E-state index contributed by atoms with van der Waals surface area (Å²) in [6.45, 7) is 2.61. The third-order valence-corrected chi connectivity index (χ3v) is 3.72. The average molecular weight is 313 g/mol. The van der Waals surface area contributed by atoms with E-state index in [4.69, 9.17) is 22.2 Å². The number of aromatic nitrogens is 2. The fourth-order valence-corrected chi connectivity index (χ4v) is 2.54. The lowest BCUT2D eigenvalue weighted by molar-refractivity contribution is 0.390. The molecular formula is C14H18ClFN4O. The highest BCUT2D eigenvalue weighted by Crippen LogP contribution is 2.30. The van der Waals surface area contributed by atoms with E-state index in [9.17, 15) is 4.39 Å². The van der Waals surface area contributed by atoms with Gasteiger partial charge in [-0.3, -0.25) is 16.0 Å². The van der Waals surface area contributed by atoms with Crippen LogP contribution in [0.1, 0.15) is 24.2 Å². The zero-order valence-corrected chi connectivity index (χ0v) is 12.7. The fraction of sp³-hybridized carbons (Fsp3) is 0.357.